The Morgan fingerprint density at radius 1 is 1.53 bits per heavy atom. The molecule has 1 aromatic rings. The van der Waals surface area contributed by atoms with Gasteiger partial charge in [0.15, 0.2) is 0 Å². The maximum atomic E-state index is 12.1. The summed E-state index contributed by atoms with van der Waals surface area (Å²) in [6, 6.07) is 7.56. The summed E-state index contributed by atoms with van der Waals surface area (Å²) >= 11 is 7.90. The van der Waals surface area contributed by atoms with E-state index in [1.807, 2.05) is 40.9 Å². The zero-order valence-electron chi connectivity index (χ0n) is 9.86. The maximum absolute atomic E-state index is 12.1. The highest BCUT2D eigenvalue weighted by atomic mass is 35.5. The molecule has 0 N–H and O–H groups in total. The maximum Gasteiger partial charge on any atom is 0.227 e. The van der Waals surface area contributed by atoms with Crippen molar-refractivity contribution in [3.8, 4) is 0 Å². The SMILES string of the molecule is CS[C@H]1CCN(C(=O)Cc2ccccc2Cl)C1. The molecule has 0 unspecified atom stereocenters. The zero-order chi connectivity index (χ0) is 12.3. The number of likely N-dealkylation sites (tertiary alicyclic amines) is 1. The molecule has 2 nitrogen and oxygen atoms in total. The molecule has 0 saturated carbocycles. The van der Waals surface area contributed by atoms with Crippen LogP contribution in [-0.4, -0.2) is 35.4 Å². The van der Waals surface area contributed by atoms with E-state index in [4.69, 9.17) is 11.6 Å². The number of hydrogen-bond acceptors (Lipinski definition) is 2. The lowest BCUT2D eigenvalue weighted by atomic mass is 10.1. The van der Waals surface area contributed by atoms with Gasteiger partial charge < -0.3 is 4.90 Å². The zero-order valence-corrected chi connectivity index (χ0v) is 11.4. The third-order valence-corrected chi connectivity index (χ3v) is 4.55. The largest absolute Gasteiger partial charge is 0.341 e. The van der Waals surface area contributed by atoms with Crippen molar-refractivity contribution in [3.05, 3.63) is 34.9 Å². The van der Waals surface area contributed by atoms with E-state index < -0.39 is 0 Å². The molecule has 1 fully saturated rings. The van der Waals surface area contributed by atoms with E-state index in [1.165, 1.54) is 0 Å². The molecule has 1 aliphatic rings. The average Bonchev–Trinajstić information content (AvgIpc) is 2.81. The van der Waals surface area contributed by atoms with Crippen molar-refractivity contribution in [2.45, 2.75) is 18.1 Å². The van der Waals surface area contributed by atoms with E-state index in [2.05, 4.69) is 6.26 Å². The van der Waals surface area contributed by atoms with Crippen LogP contribution in [0.5, 0.6) is 0 Å². The molecular formula is C13H16ClNOS. The van der Waals surface area contributed by atoms with Crippen molar-refractivity contribution >= 4 is 29.3 Å². The van der Waals surface area contributed by atoms with E-state index in [0.29, 0.717) is 16.7 Å². The summed E-state index contributed by atoms with van der Waals surface area (Å²) in [5.41, 5.74) is 0.923. The van der Waals surface area contributed by atoms with E-state index in [9.17, 15) is 4.79 Å². The van der Waals surface area contributed by atoms with Crippen LogP contribution in [-0.2, 0) is 11.2 Å². The van der Waals surface area contributed by atoms with Crippen LogP contribution >= 0.6 is 23.4 Å². The Kier molecular flexibility index (Phi) is 4.35. The van der Waals surface area contributed by atoms with E-state index >= 15 is 0 Å². The minimum Gasteiger partial charge on any atom is -0.341 e. The minimum absolute atomic E-state index is 0.189. The molecular weight excluding hydrogens is 254 g/mol. The van der Waals surface area contributed by atoms with Crippen LogP contribution in [0.3, 0.4) is 0 Å². The van der Waals surface area contributed by atoms with Crippen LogP contribution in [0.15, 0.2) is 24.3 Å². The first-order chi connectivity index (χ1) is 8.20. The molecule has 1 amide bonds. The van der Waals surface area contributed by atoms with Gasteiger partial charge in [-0.05, 0) is 24.3 Å². The monoisotopic (exact) mass is 269 g/mol. The van der Waals surface area contributed by atoms with Gasteiger partial charge in [0, 0.05) is 23.4 Å². The van der Waals surface area contributed by atoms with Gasteiger partial charge in [0.05, 0.1) is 6.42 Å². The van der Waals surface area contributed by atoms with Crippen molar-refractivity contribution in [2.24, 2.45) is 0 Å². The Bertz CT molecular complexity index is 410. The van der Waals surface area contributed by atoms with Crippen LogP contribution in [0, 0.1) is 0 Å². The Labute approximate surface area is 111 Å². The van der Waals surface area contributed by atoms with Crippen molar-refractivity contribution < 1.29 is 4.79 Å². The van der Waals surface area contributed by atoms with Crippen LogP contribution in [0.2, 0.25) is 5.02 Å². The summed E-state index contributed by atoms with van der Waals surface area (Å²) < 4.78 is 0. The second kappa shape index (κ2) is 5.78. The highest BCUT2D eigenvalue weighted by molar-refractivity contribution is 7.99. The van der Waals surface area contributed by atoms with Gasteiger partial charge in [-0.2, -0.15) is 11.8 Å². The summed E-state index contributed by atoms with van der Waals surface area (Å²) in [7, 11) is 0. The molecule has 2 rings (SSSR count). The second-order valence-electron chi connectivity index (χ2n) is 4.25. The summed E-state index contributed by atoms with van der Waals surface area (Å²) in [4.78, 5) is 14.0. The number of halogens is 1. The fraction of sp³-hybridized carbons (Fsp3) is 0.462. The second-order valence-corrected chi connectivity index (χ2v) is 5.80. The average molecular weight is 270 g/mol. The molecule has 0 aliphatic carbocycles. The summed E-state index contributed by atoms with van der Waals surface area (Å²) in [5, 5.41) is 1.28. The van der Waals surface area contributed by atoms with Gasteiger partial charge in [-0.3, -0.25) is 4.79 Å². The number of benzene rings is 1. The molecule has 1 saturated heterocycles. The van der Waals surface area contributed by atoms with E-state index in [-0.39, 0.29) is 5.91 Å². The predicted octanol–water partition coefficient (Wildman–Crippen LogP) is 2.85. The van der Waals surface area contributed by atoms with Crippen molar-refractivity contribution in [2.75, 3.05) is 19.3 Å². The van der Waals surface area contributed by atoms with Crippen LogP contribution < -0.4 is 0 Å². The lowest BCUT2D eigenvalue weighted by Gasteiger charge is -2.16. The highest BCUT2D eigenvalue weighted by Gasteiger charge is 2.25. The summed E-state index contributed by atoms with van der Waals surface area (Å²) in [6.45, 7) is 1.76. The topological polar surface area (TPSA) is 20.3 Å². The van der Waals surface area contributed by atoms with Crippen LogP contribution in [0.4, 0.5) is 0 Å². The highest BCUT2D eigenvalue weighted by Crippen LogP contribution is 2.22. The van der Waals surface area contributed by atoms with Crippen molar-refractivity contribution in [1.29, 1.82) is 0 Å². The quantitative estimate of drug-likeness (QED) is 0.841. The number of carbonyl (C=O) groups excluding carboxylic acids is 1. The number of hydrogen-bond donors (Lipinski definition) is 0. The van der Waals surface area contributed by atoms with Crippen molar-refractivity contribution in [1.82, 2.24) is 4.90 Å². The Hall–Kier alpha value is -0.670. The fourth-order valence-electron chi connectivity index (χ4n) is 2.06. The first-order valence-electron chi connectivity index (χ1n) is 5.74. The van der Waals surface area contributed by atoms with Gasteiger partial charge in [0.2, 0.25) is 5.91 Å². The van der Waals surface area contributed by atoms with Crippen LogP contribution in [0.25, 0.3) is 0 Å². The number of nitrogens with zero attached hydrogens (tertiary/aromatic N) is 1. The third-order valence-electron chi connectivity index (χ3n) is 3.13. The normalized spacial score (nSPS) is 19.6. The molecule has 1 aromatic carbocycles. The first-order valence-corrected chi connectivity index (χ1v) is 7.41. The number of rotatable bonds is 3. The number of thioether (sulfide) groups is 1. The van der Waals surface area contributed by atoms with Gasteiger partial charge in [-0.25, -0.2) is 0 Å². The molecule has 1 aliphatic heterocycles. The van der Waals surface area contributed by atoms with Crippen LogP contribution in [0.1, 0.15) is 12.0 Å². The summed E-state index contributed by atoms with van der Waals surface area (Å²) in [6.07, 6.45) is 3.63. The number of amides is 1. The minimum atomic E-state index is 0.189. The van der Waals surface area contributed by atoms with E-state index in [0.717, 1.165) is 25.1 Å². The molecule has 17 heavy (non-hydrogen) atoms. The van der Waals surface area contributed by atoms with Gasteiger partial charge in [-0.1, -0.05) is 29.8 Å². The number of carbonyl (C=O) groups is 1. The lowest BCUT2D eigenvalue weighted by Crippen LogP contribution is -2.30. The molecule has 0 radical (unpaired) electrons. The Balaban J connectivity index is 1.96. The molecule has 92 valence electrons. The Morgan fingerprint density at radius 3 is 2.94 bits per heavy atom. The third kappa shape index (κ3) is 3.17. The molecule has 0 spiro atoms. The summed E-state index contributed by atoms with van der Waals surface area (Å²) in [5.74, 6) is 0.189. The smallest absolute Gasteiger partial charge is 0.227 e. The van der Waals surface area contributed by atoms with Gasteiger partial charge in [0.1, 0.15) is 0 Å². The Morgan fingerprint density at radius 2 is 2.29 bits per heavy atom. The standard InChI is InChI=1S/C13H16ClNOS/c1-17-11-6-7-15(9-11)13(16)8-10-4-2-3-5-12(10)14/h2-5,11H,6-9H2,1H3/t11-/m0/s1. The van der Waals surface area contributed by atoms with Gasteiger partial charge >= 0.3 is 0 Å². The predicted molar refractivity (Wildman–Crippen MR) is 73.7 cm³/mol. The van der Waals surface area contributed by atoms with Gasteiger partial charge in [0.25, 0.3) is 0 Å². The molecule has 4 heteroatoms. The molecule has 0 aromatic heterocycles. The molecule has 1 atom stereocenters. The van der Waals surface area contributed by atoms with E-state index in [1.54, 1.807) is 0 Å². The van der Waals surface area contributed by atoms with Gasteiger partial charge in [-0.15, -0.1) is 0 Å². The first kappa shape index (κ1) is 12.8. The fourth-order valence-corrected chi connectivity index (χ4v) is 2.94. The molecule has 1 heterocycles. The lowest BCUT2D eigenvalue weighted by molar-refractivity contribution is -0.129. The van der Waals surface area contributed by atoms with Crippen molar-refractivity contribution in [3.63, 3.8) is 0 Å². The molecule has 0 bridgehead atoms.